The molecule has 1 aromatic heterocycles. The molecular weight excluding hydrogens is 410 g/mol. The lowest BCUT2D eigenvalue weighted by molar-refractivity contribution is 0.0827. The summed E-state index contributed by atoms with van der Waals surface area (Å²) in [6.45, 7) is 0. The molecule has 0 aliphatic heterocycles. The number of nitrogens with two attached hydrogens (primary N) is 2. The second-order valence-electron chi connectivity index (χ2n) is 6.82. The van der Waals surface area contributed by atoms with Gasteiger partial charge in [0, 0.05) is 30.8 Å². The molecule has 0 spiro atoms. The molecular formula is C22H21N7O3. The number of nitrogens with zero attached hydrogens (tertiary/aromatic N) is 4. The molecule has 162 valence electrons. The topological polar surface area (TPSA) is 161 Å². The van der Waals surface area contributed by atoms with Crippen molar-refractivity contribution in [3.63, 3.8) is 0 Å². The maximum atomic E-state index is 12.1. The molecule has 0 radical (unpaired) electrons. The molecule has 0 unspecified atom stereocenters. The van der Waals surface area contributed by atoms with E-state index in [0.717, 1.165) is 0 Å². The Morgan fingerprint density at radius 3 is 2.31 bits per heavy atom. The van der Waals surface area contributed by atoms with E-state index in [-0.39, 0.29) is 17.4 Å². The Hall–Kier alpha value is -4.60. The lowest BCUT2D eigenvalue weighted by Gasteiger charge is -2.11. The number of rotatable bonds is 4. The van der Waals surface area contributed by atoms with E-state index in [1.54, 1.807) is 68.7 Å². The smallest absolute Gasteiger partial charge is 0.297 e. The van der Waals surface area contributed by atoms with Crippen LogP contribution in [0.1, 0.15) is 26.4 Å². The van der Waals surface area contributed by atoms with Gasteiger partial charge in [0.1, 0.15) is 0 Å². The number of ether oxygens (including phenoxy) is 1. The van der Waals surface area contributed by atoms with Gasteiger partial charge < -0.3 is 21.1 Å². The summed E-state index contributed by atoms with van der Waals surface area (Å²) in [5, 5.41) is 8.12. The minimum Gasteiger partial charge on any atom is -0.405 e. The van der Waals surface area contributed by atoms with E-state index in [9.17, 15) is 9.59 Å². The van der Waals surface area contributed by atoms with Gasteiger partial charge in [-0.25, -0.2) is 9.97 Å². The number of benzene rings is 2. The largest absolute Gasteiger partial charge is 0.405 e. The number of carbonyl (C=O) groups is 2. The standard InChI is InChI=1S/C22H21N7O3/c1-29(2)21(31)15-10-8-13(9-11-15)16-12-26-18(23)17(27-16)19(24)32-22(25)28-20(30)14-6-4-3-5-7-14/h3-12,24H,1-2H3,(H2,23,26)(H2,25,28,30). The predicted molar refractivity (Wildman–Crippen MR) is 120 cm³/mol. The molecule has 32 heavy (non-hydrogen) atoms. The monoisotopic (exact) mass is 431 g/mol. The molecule has 0 aliphatic carbocycles. The number of nitrogens with one attached hydrogen (secondary N) is 1. The third-order valence-electron chi connectivity index (χ3n) is 4.29. The molecule has 2 amide bonds. The van der Waals surface area contributed by atoms with Crippen LogP contribution in [0.5, 0.6) is 0 Å². The van der Waals surface area contributed by atoms with Crippen molar-refractivity contribution < 1.29 is 14.3 Å². The highest BCUT2D eigenvalue weighted by Crippen LogP contribution is 2.20. The maximum Gasteiger partial charge on any atom is 0.297 e. The van der Waals surface area contributed by atoms with Crippen LogP contribution in [-0.2, 0) is 4.74 Å². The highest BCUT2D eigenvalue weighted by molar-refractivity contribution is 6.06. The summed E-state index contributed by atoms with van der Waals surface area (Å²) >= 11 is 0. The number of amides is 2. The first-order chi connectivity index (χ1) is 15.3. The number of aliphatic imine (C=N–C) groups is 1. The molecule has 0 saturated heterocycles. The first-order valence-electron chi connectivity index (χ1n) is 9.41. The summed E-state index contributed by atoms with van der Waals surface area (Å²) in [4.78, 5) is 37.6. The summed E-state index contributed by atoms with van der Waals surface area (Å²) in [7, 11) is 3.34. The summed E-state index contributed by atoms with van der Waals surface area (Å²) < 4.78 is 5.13. The van der Waals surface area contributed by atoms with E-state index in [1.807, 2.05) is 0 Å². The molecule has 0 saturated carbocycles. The number of aromatic nitrogens is 2. The van der Waals surface area contributed by atoms with Crippen molar-refractivity contribution in [3.05, 3.63) is 77.6 Å². The lowest BCUT2D eigenvalue weighted by atomic mass is 10.1. The molecule has 3 rings (SSSR count). The van der Waals surface area contributed by atoms with Crippen molar-refractivity contribution in [2.24, 2.45) is 10.7 Å². The average molecular weight is 431 g/mol. The fraction of sp³-hybridized carbons (Fsp3) is 0.0909. The second kappa shape index (κ2) is 9.47. The summed E-state index contributed by atoms with van der Waals surface area (Å²) in [5.74, 6) is -1.31. The maximum absolute atomic E-state index is 12.1. The Balaban J connectivity index is 1.79. The Bertz CT molecular complexity index is 1190. The van der Waals surface area contributed by atoms with Gasteiger partial charge in [0.2, 0.25) is 5.90 Å². The minimum absolute atomic E-state index is 0.0552. The Labute approximate surface area is 184 Å². The van der Waals surface area contributed by atoms with Gasteiger partial charge in [-0.3, -0.25) is 15.0 Å². The normalized spacial score (nSPS) is 11.0. The quantitative estimate of drug-likeness (QED) is 0.420. The molecule has 5 N–H and O–H groups in total. The van der Waals surface area contributed by atoms with Crippen molar-refractivity contribution in [1.82, 2.24) is 14.9 Å². The van der Waals surface area contributed by atoms with Crippen molar-refractivity contribution in [2.45, 2.75) is 0 Å². The van der Waals surface area contributed by atoms with Crippen molar-refractivity contribution in [3.8, 4) is 11.3 Å². The molecule has 0 bridgehead atoms. The van der Waals surface area contributed by atoms with Crippen LogP contribution in [0.25, 0.3) is 11.3 Å². The van der Waals surface area contributed by atoms with E-state index in [2.05, 4.69) is 15.0 Å². The first-order valence-corrected chi connectivity index (χ1v) is 9.41. The second-order valence-corrected chi connectivity index (χ2v) is 6.82. The van der Waals surface area contributed by atoms with Gasteiger partial charge in [0.25, 0.3) is 17.8 Å². The molecule has 2 aromatic carbocycles. The molecule has 0 fully saturated rings. The summed E-state index contributed by atoms with van der Waals surface area (Å²) in [6.07, 6.45) is 1.44. The van der Waals surface area contributed by atoms with Gasteiger partial charge in [0.15, 0.2) is 11.5 Å². The van der Waals surface area contributed by atoms with E-state index in [0.29, 0.717) is 22.4 Å². The number of hydrogen-bond acceptors (Lipinski definition) is 7. The van der Waals surface area contributed by atoms with Crippen molar-refractivity contribution >= 4 is 29.6 Å². The highest BCUT2D eigenvalue weighted by atomic mass is 16.5. The Morgan fingerprint density at radius 1 is 1.03 bits per heavy atom. The zero-order valence-electron chi connectivity index (χ0n) is 17.4. The van der Waals surface area contributed by atoms with Crippen LogP contribution in [0, 0.1) is 5.41 Å². The Morgan fingerprint density at radius 2 is 1.69 bits per heavy atom. The average Bonchev–Trinajstić information content (AvgIpc) is 2.79. The number of hydrogen-bond donors (Lipinski definition) is 3. The predicted octanol–water partition coefficient (Wildman–Crippen LogP) is 1.92. The van der Waals surface area contributed by atoms with Gasteiger partial charge >= 0.3 is 0 Å². The van der Waals surface area contributed by atoms with Crippen LogP contribution in [0.4, 0.5) is 5.82 Å². The van der Waals surface area contributed by atoms with Crippen molar-refractivity contribution in [2.75, 3.05) is 19.8 Å². The molecule has 0 aliphatic rings. The number of nitrogen functional groups attached to an aromatic ring is 1. The van der Waals surface area contributed by atoms with Gasteiger partial charge in [0.05, 0.1) is 11.9 Å². The highest BCUT2D eigenvalue weighted by Gasteiger charge is 2.16. The SMILES string of the molecule is CN(C)C(=O)c1ccc(-c2cnc(N)c(C(=N)OC(N)=NC(=O)c3ccccc3)n2)cc1. The third kappa shape index (κ3) is 5.11. The molecule has 10 nitrogen and oxygen atoms in total. The molecule has 3 aromatic rings. The molecule has 1 heterocycles. The third-order valence-corrected chi connectivity index (χ3v) is 4.29. The van der Waals surface area contributed by atoms with Crippen LogP contribution in [0.15, 0.2) is 65.8 Å². The Kier molecular flexibility index (Phi) is 6.54. The van der Waals surface area contributed by atoms with Gasteiger partial charge in [-0.1, -0.05) is 30.3 Å². The zero-order chi connectivity index (χ0) is 23.3. The van der Waals surface area contributed by atoms with E-state index in [1.165, 1.54) is 11.1 Å². The number of amidine groups is 1. The van der Waals surface area contributed by atoms with Crippen LogP contribution in [0.2, 0.25) is 0 Å². The van der Waals surface area contributed by atoms with Crippen molar-refractivity contribution in [1.29, 1.82) is 5.41 Å². The number of anilines is 1. The van der Waals surface area contributed by atoms with Crippen LogP contribution >= 0.6 is 0 Å². The van der Waals surface area contributed by atoms with Crippen LogP contribution in [0.3, 0.4) is 0 Å². The van der Waals surface area contributed by atoms with Gasteiger partial charge in [-0.2, -0.15) is 4.99 Å². The number of carbonyl (C=O) groups excluding carboxylic acids is 2. The summed E-state index contributed by atoms with van der Waals surface area (Å²) in [6, 6.07) is 14.5. The zero-order valence-corrected chi connectivity index (χ0v) is 17.4. The first kappa shape index (κ1) is 22.1. The lowest BCUT2D eigenvalue weighted by Crippen LogP contribution is -2.24. The van der Waals surface area contributed by atoms with E-state index >= 15 is 0 Å². The molecule has 10 heteroatoms. The minimum atomic E-state index is -0.615. The fourth-order valence-corrected chi connectivity index (χ4v) is 2.67. The summed E-state index contributed by atoms with van der Waals surface area (Å²) in [5.41, 5.74) is 13.3. The van der Waals surface area contributed by atoms with Gasteiger partial charge in [-0.15, -0.1) is 0 Å². The van der Waals surface area contributed by atoms with E-state index < -0.39 is 17.8 Å². The van der Waals surface area contributed by atoms with Gasteiger partial charge in [-0.05, 0) is 24.3 Å². The van der Waals surface area contributed by atoms with E-state index in [4.69, 9.17) is 21.6 Å². The fourth-order valence-electron chi connectivity index (χ4n) is 2.67. The van der Waals surface area contributed by atoms with Crippen LogP contribution < -0.4 is 11.5 Å². The molecule has 0 atom stereocenters. The van der Waals surface area contributed by atoms with Crippen LogP contribution in [-0.4, -0.2) is 52.7 Å².